The van der Waals surface area contributed by atoms with Gasteiger partial charge in [0.15, 0.2) is 5.82 Å². The molecule has 2 heterocycles. The molecule has 5 nitrogen and oxygen atoms in total. The van der Waals surface area contributed by atoms with E-state index in [-0.39, 0.29) is 6.61 Å². The van der Waals surface area contributed by atoms with Crippen LogP contribution in [0, 0.1) is 0 Å². The van der Waals surface area contributed by atoms with E-state index < -0.39 is 0 Å². The van der Waals surface area contributed by atoms with Crippen LogP contribution in [0.1, 0.15) is 6.92 Å². The van der Waals surface area contributed by atoms with Crippen molar-refractivity contribution in [1.29, 1.82) is 0 Å². The molecule has 0 spiro atoms. The predicted molar refractivity (Wildman–Crippen MR) is 102 cm³/mol. The number of benzene rings is 2. The molecule has 4 aromatic rings. The molecule has 4 rings (SSSR count). The largest absolute Gasteiger partial charge is 0.399 e. The number of nitrogens with two attached hydrogens (primary N) is 1. The average Bonchev–Trinajstić information content (AvgIpc) is 2.96. The number of anilines is 3. The second kappa shape index (κ2) is 7.25. The van der Waals surface area contributed by atoms with Gasteiger partial charge in [-0.05, 0) is 37.3 Å². The first-order chi connectivity index (χ1) is 11.7. The molecule has 0 aliphatic heterocycles. The molecule has 4 N–H and O–H groups in total. The van der Waals surface area contributed by atoms with Crippen molar-refractivity contribution in [2.45, 2.75) is 6.92 Å². The molecule has 0 saturated carbocycles. The van der Waals surface area contributed by atoms with Gasteiger partial charge < -0.3 is 16.2 Å². The van der Waals surface area contributed by atoms with Gasteiger partial charge in [-0.2, -0.15) is 0 Å². The number of hydrogen-bond acceptors (Lipinski definition) is 6. The van der Waals surface area contributed by atoms with Gasteiger partial charge in [0.1, 0.15) is 6.33 Å². The molecule has 0 amide bonds. The van der Waals surface area contributed by atoms with Crippen molar-refractivity contribution in [2.75, 3.05) is 17.7 Å². The fourth-order valence-electron chi connectivity index (χ4n) is 2.34. The normalized spacial score (nSPS) is 10.4. The third-order valence-electron chi connectivity index (χ3n) is 3.31. The summed E-state index contributed by atoms with van der Waals surface area (Å²) in [5.74, 6) is 0.825. The number of nitrogen functional groups attached to an aromatic ring is 1. The summed E-state index contributed by atoms with van der Waals surface area (Å²) in [6, 6.07) is 15.9. The van der Waals surface area contributed by atoms with Gasteiger partial charge in [0.2, 0.25) is 0 Å². The highest BCUT2D eigenvalue weighted by Gasteiger charge is 2.11. The number of nitrogens with zero attached hydrogens (tertiary/aromatic N) is 2. The molecule has 0 unspecified atom stereocenters. The van der Waals surface area contributed by atoms with Crippen LogP contribution >= 0.6 is 11.3 Å². The Bertz CT molecular complexity index is 953. The highest BCUT2D eigenvalue weighted by molar-refractivity contribution is 7.26. The maximum atomic E-state index is 7.57. The maximum Gasteiger partial charge on any atom is 0.151 e. The number of aliphatic hydroxyl groups excluding tert-OH is 1. The van der Waals surface area contributed by atoms with E-state index in [0.29, 0.717) is 0 Å². The van der Waals surface area contributed by atoms with Crippen molar-refractivity contribution in [3.8, 4) is 0 Å². The molecule has 24 heavy (non-hydrogen) atoms. The van der Waals surface area contributed by atoms with Gasteiger partial charge >= 0.3 is 0 Å². The molecule has 2 aromatic carbocycles. The van der Waals surface area contributed by atoms with Gasteiger partial charge in [0, 0.05) is 28.1 Å². The molecule has 0 fully saturated rings. The van der Waals surface area contributed by atoms with E-state index in [0.717, 1.165) is 37.5 Å². The van der Waals surface area contributed by atoms with E-state index in [9.17, 15) is 0 Å². The number of hydrogen-bond donors (Lipinski definition) is 3. The monoisotopic (exact) mass is 338 g/mol. The summed E-state index contributed by atoms with van der Waals surface area (Å²) in [5, 5.41) is 12.0. The van der Waals surface area contributed by atoms with E-state index in [1.807, 2.05) is 48.5 Å². The Balaban J connectivity index is 0.000000526. The van der Waals surface area contributed by atoms with Crippen molar-refractivity contribution in [3.05, 3.63) is 54.9 Å². The van der Waals surface area contributed by atoms with Gasteiger partial charge in [-0.1, -0.05) is 18.2 Å². The van der Waals surface area contributed by atoms with Gasteiger partial charge in [-0.3, -0.25) is 0 Å². The molecular weight excluding hydrogens is 320 g/mol. The first-order valence-corrected chi connectivity index (χ1v) is 8.40. The number of rotatable bonds is 2. The lowest BCUT2D eigenvalue weighted by Gasteiger charge is -2.05. The summed E-state index contributed by atoms with van der Waals surface area (Å²) in [7, 11) is 0. The first kappa shape index (κ1) is 16.2. The van der Waals surface area contributed by atoms with Crippen LogP contribution in [0.3, 0.4) is 0 Å². The lowest BCUT2D eigenvalue weighted by molar-refractivity contribution is 0.318. The minimum absolute atomic E-state index is 0.250. The SMILES string of the molecule is CCO.Nc1ccc2sc3c(Nc4ccccc4)ncnc3c2c1. The van der Waals surface area contributed by atoms with Gasteiger partial charge in [0.05, 0.1) is 10.2 Å². The van der Waals surface area contributed by atoms with Crippen LogP contribution < -0.4 is 11.1 Å². The lowest BCUT2D eigenvalue weighted by Crippen LogP contribution is -1.93. The highest BCUT2D eigenvalue weighted by Crippen LogP contribution is 2.37. The minimum Gasteiger partial charge on any atom is -0.399 e. The van der Waals surface area contributed by atoms with Gasteiger partial charge in [0.25, 0.3) is 0 Å². The Morgan fingerprint density at radius 1 is 1.12 bits per heavy atom. The molecule has 0 atom stereocenters. The maximum absolute atomic E-state index is 7.57. The van der Waals surface area contributed by atoms with Crippen LogP contribution in [0.4, 0.5) is 17.2 Å². The Labute approximate surface area is 143 Å². The summed E-state index contributed by atoms with van der Waals surface area (Å²) in [5.41, 5.74) is 8.58. The zero-order valence-electron chi connectivity index (χ0n) is 13.2. The average molecular weight is 338 g/mol. The molecule has 6 heteroatoms. The van der Waals surface area contributed by atoms with Crippen molar-refractivity contribution in [2.24, 2.45) is 0 Å². The van der Waals surface area contributed by atoms with E-state index in [1.54, 1.807) is 24.6 Å². The summed E-state index contributed by atoms with van der Waals surface area (Å²) in [6.45, 7) is 1.93. The van der Waals surface area contributed by atoms with E-state index in [2.05, 4.69) is 15.3 Å². The van der Waals surface area contributed by atoms with Gasteiger partial charge in [-0.15, -0.1) is 11.3 Å². The van der Waals surface area contributed by atoms with E-state index >= 15 is 0 Å². The zero-order chi connectivity index (χ0) is 16.9. The Kier molecular flexibility index (Phi) is 4.88. The molecule has 0 aliphatic carbocycles. The quantitative estimate of drug-likeness (QED) is 0.478. The number of nitrogens with one attached hydrogen (secondary N) is 1. The molecule has 0 radical (unpaired) electrons. The second-order valence-corrected chi connectivity index (χ2v) is 6.12. The van der Waals surface area contributed by atoms with Crippen molar-refractivity contribution < 1.29 is 5.11 Å². The second-order valence-electron chi connectivity index (χ2n) is 5.06. The lowest BCUT2D eigenvalue weighted by atomic mass is 10.2. The summed E-state index contributed by atoms with van der Waals surface area (Å²) in [4.78, 5) is 8.79. The molecule has 0 aliphatic rings. The summed E-state index contributed by atoms with van der Waals surface area (Å²) < 4.78 is 2.21. The first-order valence-electron chi connectivity index (χ1n) is 7.58. The van der Waals surface area contributed by atoms with E-state index in [4.69, 9.17) is 10.8 Å². The summed E-state index contributed by atoms with van der Waals surface area (Å²) in [6.07, 6.45) is 1.59. The van der Waals surface area contributed by atoms with Crippen LogP contribution in [0.2, 0.25) is 0 Å². The third kappa shape index (κ3) is 3.29. The fraction of sp³-hybridized carbons (Fsp3) is 0.111. The number of thiophene rings is 1. The number of aromatic nitrogens is 2. The molecule has 0 bridgehead atoms. The van der Waals surface area contributed by atoms with Crippen molar-refractivity contribution in [3.63, 3.8) is 0 Å². The molecular formula is C18H18N4OS. The molecule has 2 aromatic heterocycles. The van der Waals surface area contributed by atoms with Crippen LogP contribution in [-0.4, -0.2) is 21.7 Å². The smallest absolute Gasteiger partial charge is 0.151 e. The van der Waals surface area contributed by atoms with Gasteiger partial charge in [-0.25, -0.2) is 9.97 Å². The van der Waals surface area contributed by atoms with Crippen LogP contribution in [0.15, 0.2) is 54.9 Å². The zero-order valence-corrected chi connectivity index (χ0v) is 14.0. The van der Waals surface area contributed by atoms with Crippen LogP contribution in [-0.2, 0) is 0 Å². The van der Waals surface area contributed by atoms with E-state index in [1.165, 1.54) is 0 Å². The Hall–Kier alpha value is -2.70. The van der Waals surface area contributed by atoms with Crippen molar-refractivity contribution >= 4 is 48.8 Å². The fourth-order valence-corrected chi connectivity index (χ4v) is 3.42. The summed E-state index contributed by atoms with van der Waals surface area (Å²) >= 11 is 1.67. The van der Waals surface area contributed by atoms with Crippen molar-refractivity contribution in [1.82, 2.24) is 9.97 Å². The number of fused-ring (bicyclic) bond motifs is 3. The Morgan fingerprint density at radius 3 is 2.62 bits per heavy atom. The number of aliphatic hydroxyl groups is 1. The highest BCUT2D eigenvalue weighted by atomic mass is 32.1. The minimum atomic E-state index is 0.250. The standard InChI is InChI=1S/C16H12N4S.C2H6O/c17-10-6-7-13-12(8-10)14-15(21-13)16(19-9-18-14)20-11-4-2-1-3-5-11;1-2-3/h1-9H,17H2,(H,18,19,20);3H,2H2,1H3. The Morgan fingerprint density at radius 2 is 1.88 bits per heavy atom. The number of para-hydroxylation sites is 1. The molecule has 0 saturated heterocycles. The molecule has 122 valence electrons. The predicted octanol–water partition coefficient (Wildman–Crippen LogP) is 4.17. The topological polar surface area (TPSA) is 84.1 Å². The third-order valence-corrected chi connectivity index (χ3v) is 4.48. The van der Waals surface area contributed by atoms with Crippen LogP contribution in [0.25, 0.3) is 20.3 Å². The van der Waals surface area contributed by atoms with Crippen LogP contribution in [0.5, 0.6) is 0 Å².